The van der Waals surface area contributed by atoms with Crippen molar-refractivity contribution in [1.82, 2.24) is 4.98 Å². The molecule has 2 aromatic carbocycles. The molecule has 7 nitrogen and oxygen atoms in total. The Bertz CT molecular complexity index is 1300. The topological polar surface area (TPSA) is 89.0 Å². The van der Waals surface area contributed by atoms with Gasteiger partial charge in [-0.1, -0.05) is 25.5 Å². The average Bonchev–Trinajstić information content (AvgIpc) is 3.57. The van der Waals surface area contributed by atoms with Gasteiger partial charge in [-0.25, -0.2) is 4.98 Å². The summed E-state index contributed by atoms with van der Waals surface area (Å²) in [4.78, 5) is 32.2. The van der Waals surface area contributed by atoms with Crippen molar-refractivity contribution in [2.24, 2.45) is 0 Å². The number of ether oxygens (including phenoxy) is 2. The lowest BCUT2D eigenvalue weighted by Gasteiger charge is -2.23. The number of benzene rings is 2. The average molecular weight is 491 g/mol. The van der Waals surface area contributed by atoms with Gasteiger partial charge in [0.15, 0.2) is 5.13 Å². The van der Waals surface area contributed by atoms with E-state index in [9.17, 15) is 14.7 Å². The summed E-state index contributed by atoms with van der Waals surface area (Å²) in [5, 5.41) is 13.5. The summed E-state index contributed by atoms with van der Waals surface area (Å²) in [6, 6.07) is 11.8. The fourth-order valence-corrected chi connectivity index (χ4v) is 5.18. The van der Waals surface area contributed by atoms with Gasteiger partial charge in [-0.3, -0.25) is 14.5 Å². The predicted molar refractivity (Wildman–Crippen MR) is 134 cm³/mol. The van der Waals surface area contributed by atoms with Gasteiger partial charge in [0.05, 0.1) is 18.2 Å². The van der Waals surface area contributed by atoms with E-state index in [1.807, 2.05) is 37.3 Å². The lowest BCUT2D eigenvalue weighted by Crippen LogP contribution is -2.29. The summed E-state index contributed by atoms with van der Waals surface area (Å²) < 4.78 is 11.6. The number of aromatic nitrogens is 1. The molecule has 180 valence electrons. The van der Waals surface area contributed by atoms with E-state index in [1.54, 1.807) is 23.7 Å². The van der Waals surface area contributed by atoms with Crippen molar-refractivity contribution in [2.75, 3.05) is 11.5 Å². The Kier molecular flexibility index (Phi) is 6.30. The Balaban J connectivity index is 1.62. The number of thiazole rings is 1. The molecule has 0 aliphatic carbocycles. The van der Waals surface area contributed by atoms with Crippen molar-refractivity contribution in [3.63, 3.8) is 0 Å². The van der Waals surface area contributed by atoms with Crippen molar-refractivity contribution in [3.8, 4) is 11.5 Å². The molecule has 1 N–H and O–H groups in total. The number of unbranched alkanes of at least 4 members (excludes halogenated alkanes) is 1. The van der Waals surface area contributed by atoms with E-state index in [-0.39, 0.29) is 17.4 Å². The minimum atomic E-state index is -0.834. The van der Waals surface area contributed by atoms with Crippen molar-refractivity contribution in [1.29, 1.82) is 0 Å². The van der Waals surface area contributed by atoms with Crippen LogP contribution in [0.5, 0.6) is 11.5 Å². The fourth-order valence-electron chi connectivity index (χ4n) is 4.51. The van der Waals surface area contributed by atoms with E-state index in [1.165, 1.54) is 16.2 Å². The molecule has 3 heterocycles. The lowest BCUT2D eigenvalue weighted by molar-refractivity contribution is -0.132. The number of nitrogens with zero attached hydrogens (tertiary/aromatic N) is 2. The zero-order valence-electron chi connectivity index (χ0n) is 19.6. The van der Waals surface area contributed by atoms with Crippen LogP contribution in [-0.2, 0) is 16.0 Å². The Morgan fingerprint density at radius 1 is 1.26 bits per heavy atom. The number of Topliss-reactive ketones (excluding diaryl/α,β-unsaturated/α-hetero) is 1. The van der Waals surface area contributed by atoms with Gasteiger partial charge in [0.2, 0.25) is 0 Å². The Morgan fingerprint density at radius 3 is 2.89 bits per heavy atom. The highest BCUT2D eigenvalue weighted by molar-refractivity contribution is 7.14. The number of ketones is 1. The number of aliphatic hydroxyl groups is 1. The highest BCUT2D eigenvalue weighted by Crippen LogP contribution is 2.44. The molecule has 2 atom stereocenters. The van der Waals surface area contributed by atoms with E-state index >= 15 is 0 Å². The second-order valence-corrected chi connectivity index (χ2v) is 9.59. The maximum Gasteiger partial charge on any atom is 0.301 e. The Hall–Kier alpha value is -3.65. The van der Waals surface area contributed by atoms with E-state index in [2.05, 4.69) is 11.9 Å². The van der Waals surface area contributed by atoms with Crippen LogP contribution in [-0.4, -0.2) is 34.5 Å². The number of fused-ring (bicyclic) bond motifs is 1. The molecule has 2 aliphatic rings. The highest BCUT2D eigenvalue weighted by atomic mass is 32.1. The maximum atomic E-state index is 13.3. The van der Waals surface area contributed by atoms with Crippen molar-refractivity contribution < 1.29 is 24.2 Å². The summed E-state index contributed by atoms with van der Waals surface area (Å²) >= 11 is 1.26. The smallest absolute Gasteiger partial charge is 0.301 e. The number of anilines is 1. The minimum Gasteiger partial charge on any atom is -0.507 e. The van der Waals surface area contributed by atoms with Gasteiger partial charge >= 0.3 is 5.91 Å². The number of amides is 1. The fraction of sp³-hybridized carbons (Fsp3) is 0.296. The molecule has 5 rings (SSSR count). The molecular formula is C27H26N2O5S. The lowest BCUT2D eigenvalue weighted by atomic mass is 9.94. The van der Waals surface area contributed by atoms with Crippen LogP contribution in [0.15, 0.2) is 59.6 Å². The number of aliphatic hydroxyl groups excluding tert-OH is 1. The first-order valence-corrected chi connectivity index (χ1v) is 12.6. The molecule has 1 saturated heterocycles. The summed E-state index contributed by atoms with van der Waals surface area (Å²) in [7, 11) is 0. The van der Waals surface area contributed by atoms with Crippen LogP contribution >= 0.6 is 11.3 Å². The second-order valence-electron chi connectivity index (χ2n) is 8.71. The van der Waals surface area contributed by atoms with Crippen LogP contribution in [0.1, 0.15) is 49.4 Å². The quantitative estimate of drug-likeness (QED) is 0.210. The molecule has 0 radical (unpaired) electrons. The van der Waals surface area contributed by atoms with Crippen molar-refractivity contribution in [2.45, 2.75) is 45.3 Å². The molecule has 8 heteroatoms. The third-order valence-corrected chi connectivity index (χ3v) is 6.95. The normalized spacial score (nSPS) is 20.7. The van der Waals surface area contributed by atoms with E-state index in [4.69, 9.17) is 9.47 Å². The number of hydrogen-bond acceptors (Lipinski definition) is 7. The molecule has 1 amide bonds. The summed E-state index contributed by atoms with van der Waals surface area (Å²) in [6.07, 6.45) is 4.28. The van der Waals surface area contributed by atoms with Crippen LogP contribution in [0.2, 0.25) is 0 Å². The molecule has 0 bridgehead atoms. The number of carbonyl (C=O) groups excluding carboxylic acids is 2. The minimum absolute atomic E-state index is 0.0304. The summed E-state index contributed by atoms with van der Waals surface area (Å²) in [6.45, 7) is 4.64. The summed E-state index contributed by atoms with van der Waals surface area (Å²) in [5.74, 6) is -0.269. The first-order chi connectivity index (χ1) is 17.0. The van der Waals surface area contributed by atoms with Gasteiger partial charge in [0.1, 0.15) is 23.4 Å². The Morgan fingerprint density at radius 2 is 2.11 bits per heavy atom. The van der Waals surface area contributed by atoms with Crippen molar-refractivity contribution >= 4 is 33.9 Å². The van der Waals surface area contributed by atoms with Crippen LogP contribution < -0.4 is 14.4 Å². The van der Waals surface area contributed by atoms with Gasteiger partial charge in [-0.05, 0) is 54.8 Å². The third-order valence-electron chi connectivity index (χ3n) is 6.18. The highest BCUT2D eigenvalue weighted by Gasteiger charge is 2.48. The molecule has 1 aromatic heterocycles. The van der Waals surface area contributed by atoms with Crippen molar-refractivity contribution in [3.05, 3.63) is 76.3 Å². The van der Waals surface area contributed by atoms with E-state index in [0.29, 0.717) is 35.0 Å². The number of hydrogen-bond donors (Lipinski definition) is 1. The Labute approximate surface area is 207 Å². The standard InChI is InChI=1S/C27H26N2O5S/c1-3-4-11-33-20-7-5-6-17(15-20)23-22(25(31)26(32)29(23)27-28-10-12-35-27)24(30)18-8-9-21-19(14-18)13-16(2)34-21/h5-10,12,14-16,23,30H,3-4,11,13H2,1-2H3/t16-,23-/m1/s1. The molecule has 0 spiro atoms. The second kappa shape index (κ2) is 9.54. The molecule has 0 unspecified atom stereocenters. The van der Waals surface area contributed by atoms with Gasteiger partial charge in [-0.2, -0.15) is 0 Å². The van der Waals surface area contributed by atoms with E-state index < -0.39 is 17.7 Å². The summed E-state index contributed by atoms with van der Waals surface area (Å²) in [5.41, 5.74) is 2.12. The monoisotopic (exact) mass is 490 g/mol. The van der Waals surface area contributed by atoms with Crippen LogP contribution in [0.4, 0.5) is 5.13 Å². The largest absolute Gasteiger partial charge is 0.507 e. The van der Waals surface area contributed by atoms with Gasteiger partial charge in [0, 0.05) is 23.6 Å². The molecule has 1 fully saturated rings. The molecular weight excluding hydrogens is 464 g/mol. The number of carbonyl (C=O) groups is 2. The zero-order valence-corrected chi connectivity index (χ0v) is 20.4. The van der Waals surface area contributed by atoms with Crippen LogP contribution in [0.3, 0.4) is 0 Å². The first-order valence-electron chi connectivity index (χ1n) is 11.7. The maximum absolute atomic E-state index is 13.3. The van der Waals surface area contributed by atoms with E-state index in [0.717, 1.165) is 24.2 Å². The first kappa shape index (κ1) is 23.1. The van der Waals surface area contributed by atoms with Gasteiger partial charge in [-0.15, -0.1) is 11.3 Å². The number of rotatable bonds is 7. The molecule has 0 saturated carbocycles. The third kappa shape index (κ3) is 4.30. The predicted octanol–water partition coefficient (Wildman–Crippen LogP) is 5.27. The molecule has 2 aliphatic heterocycles. The molecule has 3 aromatic rings. The van der Waals surface area contributed by atoms with Crippen LogP contribution in [0, 0.1) is 0 Å². The van der Waals surface area contributed by atoms with Gasteiger partial charge < -0.3 is 14.6 Å². The SMILES string of the molecule is CCCCOc1cccc([C@@H]2C(=C(O)c3ccc4c(c3)C[C@@H](C)O4)C(=O)C(=O)N2c2nccs2)c1. The van der Waals surface area contributed by atoms with Gasteiger partial charge in [0.25, 0.3) is 5.78 Å². The molecule has 35 heavy (non-hydrogen) atoms. The zero-order chi connectivity index (χ0) is 24.5. The van der Waals surface area contributed by atoms with Crippen LogP contribution in [0.25, 0.3) is 5.76 Å².